The van der Waals surface area contributed by atoms with E-state index in [1.807, 2.05) is 30.3 Å². The molecule has 1 aromatic carbocycles. The number of hydrogen-bond donors (Lipinski definition) is 1. The van der Waals surface area contributed by atoms with Crippen molar-refractivity contribution in [2.75, 3.05) is 13.2 Å². The number of ether oxygens (including phenoxy) is 1. The first kappa shape index (κ1) is 14.5. The van der Waals surface area contributed by atoms with E-state index in [9.17, 15) is 9.59 Å². The number of aliphatic hydroxyl groups excluding tert-OH is 1. The van der Waals surface area contributed by atoms with E-state index in [-0.39, 0.29) is 31.1 Å². The van der Waals surface area contributed by atoms with Crippen molar-refractivity contribution in [2.45, 2.75) is 25.8 Å². The third-order valence-electron chi connectivity index (χ3n) is 3.50. The van der Waals surface area contributed by atoms with Crippen LogP contribution in [0.1, 0.15) is 18.9 Å². The minimum Gasteiger partial charge on any atom is -0.447 e. The summed E-state index contributed by atoms with van der Waals surface area (Å²) in [6, 6.07) is 9.43. The Morgan fingerprint density at radius 2 is 2.15 bits per heavy atom. The molecule has 20 heavy (non-hydrogen) atoms. The molecule has 1 aliphatic heterocycles. The Morgan fingerprint density at radius 1 is 1.45 bits per heavy atom. The molecule has 2 amide bonds. The van der Waals surface area contributed by atoms with E-state index in [0.29, 0.717) is 12.8 Å². The average Bonchev–Trinajstić information content (AvgIpc) is 2.80. The number of carbonyl (C=O) groups excluding carboxylic acids is 2. The van der Waals surface area contributed by atoms with Gasteiger partial charge in [0.1, 0.15) is 6.61 Å². The molecule has 5 nitrogen and oxygen atoms in total. The fraction of sp³-hybridized carbons (Fsp3) is 0.467. The number of aliphatic hydroxyl groups is 1. The molecule has 0 aliphatic carbocycles. The topological polar surface area (TPSA) is 66.8 Å². The van der Waals surface area contributed by atoms with Crippen LogP contribution in [0.2, 0.25) is 0 Å². The Balaban J connectivity index is 2.08. The maximum atomic E-state index is 12.3. The largest absolute Gasteiger partial charge is 0.447 e. The van der Waals surface area contributed by atoms with Crippen molar-refractivity contribution < 1.29 is 19.4 Å². The SMILES string of the molecule is CC(CCO)C(=O)N1C(=O)OC[C@H]1Cc1ccccc1. The number of benzene rings is 1. The predicted molar refractivity (Wildman–Crippen MR) is 73.0 cm³/mol. The lowest BCUT2D eigenvalue weighted by Gasteiger charge is -2.22. The highest BCUT2D eigenvalue weighted by Gasteiger charge is 2.39. The molecule has 0 bridgehead atoms. The Hall–Kier alpha value is -1.88. The standard InChI is InChI=1S/C15H19NO4/c1-11(7-8-17)14(18)16-13(10-20-15(16)19)9-12-5-3-2-4-6-12/h2-6,11,13,17H,7-10H2,1H3/t11?,13-/m1/s1. The summed E-state index contributed by atoms with van der Waals surface area (Å²) in [4.78, 5) is 25.2. The molecular formula is C15H19NO4. The van der Waals surface area contributed by atoms with E-state index >= 15 is 0 Å². The van der Waals surface area contributed by atoms with Crippen LogP contribution in [0.25, 0.3) is 0 Å². The lowest BCUT2D eigenvalue weighted by Crippen LogP contribution is -2.43. The first-order valence-corrected chi connectivity index (χ1v) is 6.78. The Morgan fingerprint density at radius 3 is 2.80 bits per heavy atom. The van der Waals surface area contributed by atoms with Gasteiger partial charge in [-0.2, -0.15) is 0 Å². The summed E-state index contributed by atoms with van der Waals surface area (Å²) in [6.07, 6.45) is 0.353. The van der Waals surface area contributed by atoms with Crippen LogP contribution in [0.3, 0.4) is 0 Å². The van der Waals surface area contributed by atoms with Crippen LogP contribution < -0.4 is 0 Å². The second kappa shape index (κ2) is 6.52. The zero-order chi connectivity index (χ0) is 14.5. The quantitative estimate of drug-likeness (QED) is 0.887. The van der Waals surface area contributed by atoms with Crippen molar-refractivity contribution >= 4 is 12.0 Å². The van der Waals surface area contributed by atoms with Crippen LogP contribution in [-0.4, -0.2) is 41.3 Å². The molecule has 0 radical (unpaired) electrons. The van der Waals surface area contributed by atoms with Crippen LogP contribution in [-0.2, 0) is 16.0 Å². The van der Waals surface area contributed by atoms with E-state index < -0.39 is 6.09 Å². The molecule has 0 aromatic heterocycles. The zero-order valence-electron chi connectivity index (χ0n) is 11.5. The van der Waals surface area contributed by atoms with E-state index in [1.54, 1.807) is 6.92 Å². The minimum atomic E-state index is -0.583. The van der Waals surface area contributed by atoms with Gasteiger partial charge in [-0.1, -0.05) is 37.3 Å². The fourth-order valence-corrected chi connectivity index (χ4v) is 2.32. The molecule has 0 saturated carbocycles. The summed E-state index contributed by atoms with van der Waals surface area (Å²) >= 11 is 0. The number of imide groups is 1. The van der Waals surface area contributed by atoms with Gasteiger partial charge in [0.05, 0.1) is 6.04 Å². The summed E-state index contributed by atoms with van der Waals surface area (Å²) < 4.78 is 5.00. The van der Waals surface area contributed by atoms with Crippen LogP contribution in [0.15, 0.2) is 30.3 Å². The monoisotopic (exact) mass is 277 g/mol. The van der Waals surface area contributed by atoms with Crippen LogP contribution in [0, 0.1) is 5.92 Å². The molecule has 2 rings (SSSR count). The Bertz CT molecular complexity index is 474. The van der Waals surface area contributed by atoms with Crippen molar-refractivity contribution in [3.05, 3.63) is 35.9 Å². The summed E-state index contributed by atoms with van der Waals surface area (Å²) in [5.41, 5.74) is 1.06. The molecule has 1 saturated heterocycles. The second-order valence-corrected chi connectivity index (χ2v) is 5.04. The maximum absolute atomic E-state index is 12.3. The smallest absolute Gasteiger partial charge is 0.416 e. The van der Waals surface area contributed by atoms with E-state index in [2.05, 4.69) is 0 Å². The van der Waals surface area contributed by atoms with Gasteiger partial charge in [0, 0.05) is 12.5 Å². The molecule has 108 valence electrons. The normalized spacial score (nSPS) is 19.8. The summed E-state index contributed by atoms with van der Waals surface area (Å²) in [5, 5.41) is 8.91. The molecule has 2 atom stereocenters. The number of carbonyl (C=O) groups is 2. The van der Waals surface area contributed by atoms with Gasteiger partial charge in [0.15, 0.2) is 0 Å². The van der Waals surface area contributed by atoms with Gasteiger partial charge in [0.25, 0.3) is 0 Å². The molecule has 1 heterocycles. The third kappa shape index (κ3) is 3.17. The highest BCUT2D eigenvalue weighted by molar-refractivity contribution is 5.94. The number of rotatable bonds is 5. The van der Waals surface area contributed by atoms with Crippen LogP contribution in [0.5, 0.6) is 0 Å². The minimum absolute atomic E-state index is 0.0703. The zero-order valence-corrected chi connectivity index (χ0v) is 11.5. The highest BCUT2D eigenvalue weighted by Crippen LogP contribution is 2.20. The first-order chi connectivity index (χ1) is 9.63. The maximum Gasteiger partial charge on any atom is 0.416 e. The van der Waals surface area contributed by atoms with Gasteiger partial charge in [0.2, 0.25) is 5.91 Å². The average molecular weight is 277 g/mol. The lowest BCUT2D eigenvalue weighted by atomic mass is 10.0. The molecule has 1 N–H and O–H groups in total. The van der Waals surface area contributed by atoms with Gasteiger partial charge >= 0.3 is 6.09 Å². The van der Waals surface area contributed by atoms with Crippen LogP contribution in [0.4, 0.5) is 4.79 Å². The van der Waals surface area contributed by atoms with Gasteiger partial charge < -0.3 is 9.84 Å². The van der Waals surface area contributed by atoms with Gasteiger partial charge in [-0.05, 0) is 18.4 Å². The Labute approximate surface area is 118 Å². The molecular weight excluding hydrogens is 258 g/mol. The van der Waals surface area contributed by atoms with Gasteiger partial charge in [-0.3, -0.25) is 4.79 Å². The third-order valence-corrected chi connectivity index (χ3v) is 3.50. The number of hydrogen-bond acceptors (Lipinski definition) is 4. The van der Waals surface area contributed by atoms with Crippen molar-refractivity contribution in [1.82, 2.24) is 4.90 Å². The fourth-order valence-electron chi connectivity index (χ4n) is 2.32. The van der Waals surface area contributed by atoms with E-state index in [0.717, 1.165) is 5.56 Å². The summed E-state index contributed by atoms with van der Waals surface area (Å²) in [5.74, 6) is -0.661. The first-order valence-electron chi connectivity index (χ1n) is 6.78. The van der Waals surface area contributed by atoms with E-state index in [1.165, 1.54) is 4.90 Å². The highest BCUT2D eigenvalue weighted by atomic mass is 16.6. The second-order valence-electron chi connectivity index (χ2n) is 5.04. The number of nitrogens with zero attached hydrogens (tertiary/aromatic N) is 1. The van der Waals surface area contributed by atoms with Gasteiger partial charge in [-0.15, -0.1) is 0 Å². The molecule has 1 unspecified atom stereocenters. The predicted octanol–water partition coefficient (Wildman–Crippen LogP) is 1.60. The summed E-state index contributed by atoms with van der Waals surface area (Å²) in [7, 11) is 0. The van der Waals surface area contributed by atoms with Crippen molar-refractivity contribution in [3.8, 4) is 0 Å². The number of amides is 2. The number of cyclic esters (lactones) is 1. The van der Waals surface area contributed by atoms with Gasteiger partial charge in [-0.25, -0.2) is 9.69 Å². The Kier molecular flexibility index (Phi) is 4.74. The van der Waals surface area contributed by atoms with Crippen molar-refractivity contribution in [2.24, 2.45) is 5.92 Å². The summed E-state index contributed by atoms with van der Waals surface area (Å²) in [6.45, 7) is 1.87. The molecule has 1 aliphatic rings. The van der Waals surface area contributed by atoms with Crippen LogP contribution >= 0.6 is 0 Å². The molecule has 0 spiro atoms. The van der Waals surface area contributed by atoms with Crippen molar-refractivity contribution in [1.29, 1.82) is 0 Å². The van der Waals surface area contributed by atoms with E-state index in [4.69, 9.17) is 9.84 Å². The molecule has 5 heteroatoms. The molecule has 1 aromatic rings. The van der Waals surface area contributed by atoms with Crippen molar-refractivity contribution in [3.63, 3.8) is 0 Å². The molecule has 1 fully saturated rings. The lowest BCUT2D eigenvalue weighted by molar-refractivity contribution is -0.133.